The Bertz CT molecular complexity index is 114. The molecule has 0 aromatic heterocycles. The van der Waals surface area contributed by atoms with Crippen LogP contribution in [0.1, 0.15) is 0 Å². The number of hydrogen-bond donors (Lipinski definition) is 5. The molecule has 0 saturated carbocycles. The summed E-state index contributed by atoms with van der Waals surface area (Å²) in [5.74, 6) is 0. The van der Waals surface area contributed by atoms with Crippen LogP contribution in [0.2, 0.25) is 0 Å². The molecule has 2 aliphatic heterocycles. The number of nitrogens with one attached hydrogen (secondary N) is 5. The molecule has 0 spiro atoms. The number of rotatable bonds is 0. The Hall–Kier alpha value is -0.780. The van der Waals surface area contributed by atoms with Gasteiger partial charge in [-0.25, -0.2) is 0 Å². The molecule has 1 fully saturated rings. The van der Waals surface area contributed by atoms with Gasteiger partial charge in [-0.05, 0) is 0 Å². The topological polar surface area (TPSA) is 60.1 Å². The predicted octanol–water partition coefficient (Wildman–Crippen LogP) is -1.62. The first-order valence-corrected chi connectivity index (χ1v) is 5.24. The van der Waals surface area contributed by atoms with Crippen LogP contribution in [-0.4, -0.2) is 45.9 Å². The summed E-state index contributed by atoms with van der Waals surface area (Å²) < 4.78 is 0. The fourth-order valence-electron chi connectivity index (χ4n) is 1.20. The average molecular weight is 199 g/mol. The lowest BCUT2D eigenvalue weighted by atomic mass is 10.6. The average Bonchev–Trinajstić information content (AvgIpc) is 2.82. The summed E-state index contributed by atoms with van der Waals surface area (Å²) in [5, 5.41) is 15.8. The van der Waals surface area contributed by atoms with Gasteiger partial charge in [0.1, 0.15) is 0 Å². The molecule has 2 heterocycles. The van der Waals surface area contributed by atoms with E-state index in [-0.39, 0.29) is 0 Å². The van der Waals surface area contributed by atoms with E-state index >= 15 is 0 Å². The first kappa shape index (κ1) is 11.3. The highest BCUT2D eigenvalue weighted by Gasteiger charge is 1.91. The van der Waals surface area contributed by atoms with Crippen LogP contribution in [0.5, 0.6) is 0 Å². The van der Waals surface area contributed by atoms with Gasteiger partial charge in [0, 0.05) is 51.7 Å². The van der Waals surface area contributed by atoms with Crippen LogP contribution >= 0.6 is 0 Å². The lowest BCUT2D eigenvalue weighted by molar-refractivity contribution is 0.652. The third kappa shape index (κ3) is 6.71. The van der Waals surface area contributed by atoms with Crippen molar-refractivity contribution in [1.29, 1.82) is 0 Å². The maximum atomic E-state index is 3.30. The molecule has 0 aromatic carbocycles. The van der Waals surface area contributed by atoms with Crippen molar-refractivity contribution in [2.45, 2.75) is 0 Å². The zero-order chi connectivity index (χ0) is 9.90. The van der Waals surface area contributed by atoms with Gasteiger partial charge in [0.15, 0.2) is 0 Å². The SMILES string of the molecule is C1=CNCN1.C1CNCCNCCN1. The second-order valence-electron chi connectivity index (χ2n) is 3.17. The van der Waals surface area contributed by atoms with Gasteiger partial charge in [-0.15, -0.1) is 0 Å². The van der Waals surface area contributed by atoms with Gasteiger partial charge in [0.2, 0.25) is 0 Å². The lowest BCUT2D eigenvalue weighted by Crippen LogP contribution is -2.27. The summed E-state index contributed by atoms with van der Waals surface area (Å²) >= 11 is 0. The van der Waals surface area contributed by atoms with E-state index in [1.54, 1.807) is 0 Å². The van der Waals surface area contributed by atoms with E-state index in [1.165, 1.54) is 0 Å². The van der Waals surface area contributed by atoms with Gasteiger partial charge >= 0.3 is 0 Å². The van der Waals surface area contributed by atoms with E-state index in [2.05, 4.69) is 26.6 Å². The largest absolute Gasteiger partial charge is 0.373 e. The molecule has 2 rings (SSSR count). The van der Waals surface area contributed by atoms with Crippen LogP contribution in [0, 0.1) is 0 Å². The number of hydrogen-bond acceptors (Lipinski definition) is 5. The minimum absolute atomic E-state index is 0.889. The summed E-state index contributed by atoms with van der Waals surface area (Å²) in [6, 6.07) is 0. The van der Waals surface area contributed by atoms with Crippen LogP contribution in [-0.2, 0) is 0 Å². The Balaban J connectivity index is 0.000000165. The minimum atomic E-state index is 0.889. The minimum Gasteiger partial charge on any atom is -0.373 e. The lowest BCUT2D eigenvalue weighted by Gasteiger charge is -1.99. The fourth-order valence-corrected chi connectivity index (χ4v) is 1.20. The molecule has 0 bridgehead atoms. The first-order valence-electron chi connectivity index (χ1n) is 5.24. The van der Waals surface area contributed by atoms with Crippen molar-refractivity contribution in [2.24, 2.45) is 0 Å². The van der Waals surface area contributed by atoms with Gasteiger partial charge in [-0.1, -0.05) is 0 Å². The molecule has 0 atom stereocenters. The highest BCUT2D eigenvalue weighted by atomic mass is 15.1. The van der Waals surface area contributed by atoms with Crippen LogP contribution in [0.15, 0.2) is 12.4 Å². The molecule has 0 aromatic rings. The molecular formula is C9H21N5. The molecule has 14 heavy (non-hydrogen) atoms. The molecule has 0 radical (unpaired) electrons. The maximum Gasteiger partial charge on any atom is 0.0840 e. The van der Waals surface area contributed by atoms with Gasteiger partial charge in [-0.2, -0.15) is 0 Å². The van der Waals surface area contributed by atoms with E-state index in [0.717, 1.165) is 45.9 Å². The zero-order valence-electron chi connectivity index (χ0n) is 8.60. The Morgan fingerprint density at radius 1 is 0.571 bits per heavy atom. The van der Waals surface area contributed by atoms with Crippen LogP contribution in [0.3, 0.4) is 0 Å². The van der Waals surface area contributed by atoms with Crippen LogP contribution in [0.4, 0.5) is 0 Å². The predicted molar refractivity (Wildman–Crippen MR) is 58.9 cm³/mol. The Morgan fingerprint density at radius 2 is 0.929 bits per heavy atom. The summed E-state index contributed by atoms with van der Waals surface area (Å²) in [6.45, 7) is 7.48. The van der Waals surface area contributed by atoms with Crippen molar-refractivity contribution in [2.75, 3.05) is 45.9 Å². The zero-order valence-corrected chi connectivity index (χ0v) is 8.60. The maximum absolute atomic E-state index is 3.30. The normalized spacial score (nSPS) is 21.7. The van der Waals surface area contributed by atoms with Crippen molar-refractivity contribution < 1.29 is 0 Å². The standard InChI is InChI=1S/C6H15N3.C3H6N2/c1-2-8-5-6-9-4-3-7-1;1-2-5-3-4-1/h7-9H,1-6H2;1-2,4-5H,3H2. The van der Waals surface area contributed by atoms with E-state index in [0.29, 0.717) is 0 Å². The van der Waals surface area contributed by atoms with Crippen LogP contribution < -0.4 is 26.6 Å². The molecule has 5 nitrogen and oxygen atoms in total. The summed E-state index contributed by atoms with van der Waals surface area (Å²) in [4.78, 5) is 0. The van der Waals surface area contributed by atoms with Crippen molar-refractivity contribution in [3.63, 3.8) is 0 Å². The highest BCUT2D eigenvalue weighted by molar-refractivity contribution is 4.82. The molecule has 0 aliphatic carbocycles. The first-order chi connectivity index (χ1) is 7.00. The molecular weight excluding hydrogens is 178 g/mol. The Morgan fingerprint density at radius 3 is 1.14 bits per heavy atom. The molecule has 0 unspecified atom stereocenters. The smallest absolute Gasteiger partial charge is 0.0840 e. The van der Waals surface area contributed by atoms with Gasteiger partial charge in [-0.3, -0.25) is 0 Å². The van der Waals surface area contributed by atoms with E-state index in [4.69, 9.17) is 0 Å². The molecule has 5 N–H and O–H groups in total. The molecule has 5 heteroatoms. The van der Waals surface area contributed by atoms with E-state index in [1.807, 2.05) is 12.4 Å². The van der Waals surface area contributed by atoms with Gasteiger partial charge in [0.25, 0.3) is 0 Å². The summed E-state index contributed by atoms with van der Waals surface area (Å²) in [7, 11) is 0. The third-order valence-electron chi connectivity index (χ3n) is 1.96. The molecule has 2 aliphatic rings. The molecule has 82 valence electrons. The molecule has 1 saturated heterocycles. The van der Waals surface area contributed by atoms with Crippen molar-refractivity contribution in [3.8, 4) is 0 Å². The van der Waals surface area contributed by atoms with Crippen molar-refractivity contribution >= 4 is 0 Å². The second-order valence-corrected chi connectivity index (χ2v) is 3.17. The highest BCUT2D eigenvalue weighted by Crippen LogP contribution is 1.66. The summed E-state index contributed by atoms with van der Waals surface area (Å²) in [5.41, 5.74) is 0. The van der Waals surface area contributed by atoms with Crippen molar-refractivity contribution in [3.05, 3.63) is 12.4 Å². The third-order valence-corrected chi connectivity index (χ3v) is 1.96. The van der Waals surface area contributed by atoms with Gasteiger partial charge in [0.05, 0.1) is 6.67 Å². The van der Waals surface area contributed by atoms with Crippen molar-refractivity contribution in [1.82, 2.24) is 26.6 Å². The Kier molecular flexibility index (Phi) is 7.10. The van der Waals surface area contributed by atoms with E-state index in [9.17, 15) is 0 Å². The second kappa shape index (κ2) is 8.80. The van der Waals surface area contributed by atoms with Crippen LogP contribution in [0.25, 0.3) is 0 Å². The monoisotopic (exact) mass is 199 g/mol. The summed E-state index contributed by atoms with van der Waals surface area (Å²) in [6.07, 6.45) is 3.75. The molecule has 0 amide bonds. The Labute approximate surface area is 85.7 Å². The fraction of sp³-hybridized carbons (Fsp3) is 0.778. The van der Waals surface area contributed by atoms with E-state index < -0.39 is 0 Å². The van der Waals surface area contributed by atoms with Gasteiger partial charge < -0.3 is 26.6 Å². The quantitative estimate of drug-likeness (QED) is 0.324.